The molecule has 2 N–H and O–H groups in total. The van der Waals surface area contributed by atoms with Gasteiger partial charge >= 0.3 is 5.97 Å². The molecule has 18 heavy (non-hydrogen) atoms. The Kier molecular flexibility index (Phi) is 5.30. The fourth-order valence-corrected chi connectivity index (χ4v) is 2.00. The van der Waals surface area contributed by atoms with Gasteiger partial charge in [-0.05, 0) is 12.0 Å². The van der Waals surface area contributed by atoms with Gasteiger partial charge in [-0.1, -0.05) is 30.3 Å². The van der Waals surface area contributed by atoms with Crippen LogP contribution in [-0.4, -0.2) is 44.1 Å². The van der Waals surface area contributed by atoms with Crippen molar-refractivity contribution in [2.45, 2.75) is 12.5 Å². The molecular formula is C12H17NO4S. The molecule has 1 unspecified atom stereocenters. The second-order valence-corrected chi connectivity index (χ2v) is 6.42. The average molecular weight is 271 g/mol. The van der Waals surface area contributed by atoms with Crippen molar-refractivity contribution in [2.75, 3.05) is 18.6 Å². The molecule has 100 valence electrons. The molecule has 0 fully saturated rings. The molecular weight excluding hydrogens is 254 g/mol. The van der Waals surface area contributed by atoms with Crippen molar-refractivity contribution in [1.29, 1.82) is 0 Å². The van der Waals surface area contributed by atoms with Crippen molar-refractivity contribution in [2.24, 2.45) is 0 Å². The topological polar surface area (TPSA) is 83.5 Å². The molecule has 0 aliphatic rings. The molecule has 0 saturated heterocycles. The van der Waals surface area contributed by atoms with E-state index in [0.29, 0.717) is 6.42 Å². The van der Waals surface area contributed by atoms with Gasteiger partial charge in [0.15, 0.2) is 0 Å². The number of aliphatic carboxylic acids is 1. The zero-order chi connectivity index (χ0) is 13.6. The second kappa shape index (κ2) is 6.51. The second-order valence-electron chi connectivity index (χ2n) is 4.16. The minimum Gasteiger partial charge on any atom is -0.480 e. The maximum Gasteiger partial charge on any atom is 0.321 e. The molecule has 1 aromatic carbocycles. The molecule has 0 spiro atoms. The number of sulfone groups is 1. The summed E-state index contributed by atoms with van der Waals surface area (Å²) in [5, 5.41) is 11.8. The smallest absolute Gasteiger partial charge is 0.321 e. The minimum atomic E-state index is -3.07. The number of hydrogen-bond donors (Lipinski definition) is 2. The Hall–Kier alpha value is -1.40. The van der Waals surface area contributed by atoms with E-state index in [1.807, 2.05) is 30.3 Å². The molecule has 5 nitrogen and oxygen atoms in total. The number of carbonyl (C=O) groups is 1. The van der Waals surface area contributed by atoms with Crippen LogP contribution in [0.25, 0.3) is 0 Å². The van der Waals surface area contributed by atoms with Crippen LogP contribution in [0, 0.1) is 0 Å². The Morgan fingerprint density at radius 3 is 2.44 bits per heavy atom. The van der Waals surface area contributed by atoms with Crippen LogP contribution in [0.2, 0.25) is 0 Å². The number of hydrogen-bond acceptors (Lipinski definition) is 4. The molecule has 0 aliphatic carbocycles. The number of nitrogens with one attached hydrogen (secondary N) is 1. The number of benzene rings is 1. The van der Waals surface area contributed by atoms with Crippen molar-refractivity contribution < 1.29 is 18.3 Å². The summed E-state index contributed by atoms with van der Waals surface area (Å²) < 4.78 is 21.9. The molecule has 0 aliphatic heterocycles. The third-order valence-corrected chi connectivity index (χ3v) is 3.39. The molecule has 1 atom stereocenters. The van der Waals surface area contributed by atoms with Gasteiger partial charge in [0.1, 0.15) is 15.9 Å². The van der Waals surface area contributed by atoms with Crippen LogP contribution in [-0.2, 0) is 21.1 Å². The normalized spacial score (nSPS) is 13.2. The molecule has 0 aromatic heterocycles. The van der Waals surface area contributed by atoms with E-state index in [4.69, 9.17) is 5.11 Å². The average Bonchev–Trinajstić information content (AvgIpc) is 2.27. The standard InChI is InChI=1S/C12H17NO4S/c1-18(16,17)8-7-13-11(12(14)15)9-10-5-3-2-4-6-10/h2-6,11,13H,7-9H2,1H3,(H,14,15). The maximum absolute atomic E-state index is 11.0. The van der Waals surface area contributed by atoms with Crippen LogP contribution in [0.3, 0.4) is 0 Å². The van der Waals surface area contributed by atoms with Gasteiger partial charge in [-0.3, -0.25) is 4.79 Å². The number of rotatable bonds is 7. The summed E-state index contributed by atoms with van der Waals surface area (Å²) in [7, 11) is -3.07. The Labute approximate surface area is 107 Å². The summed E-state index contributed by atoms with van der Waals surface area (Å²) in [6.45, 7) is 0.142. The first-order valence-electron chi connectivity index (χ1n) is 5.56. The summed E-state index contributed by atoms with van der Waals surface area (Å²) in [5.41, 5.74) is 0.900. The first kappa shape index (κ1) is 14.7. The monoisotopic (exact) mass is 271 g/mol. The summed E-state index contributed by atoms with van der Waals surface area (Å²) in [6.07, 6.45) is 1.46. The van der Waals surface area contributed by atoms with Gasteiger partial charge in [0.25, 0.3) is 0 Å². The van der Waals surface area contributed by atoms with E-state index < -0.39 is 21.8 Å². The van der Waals surface area contributed by atoms with E-state index in [-0.39, 0.29) is 12.3 Å². The van der Waals surface area contributed by atoms with Crippen molar-refractivity contribution in [3.8, 4) is 0 Å². The predicted octanol–water partition coefficient (Wildman–Crippen LogP) is 0.316. The minimum absolute atomic E-state index is 0.0639. The van der Waals surface area contributed by atoms with E-state index in [0.717, 1.165) is 11.8 Å². The van der Waals surface area contributed by atoms with Crippen LogP contribution in [0.1, 0.15) is 5.56 Å². The fourth-order valence-electron chi connectivity index (χ4n) is 1.52. The van der Waals surface area contributed by atoms with Gasteiger partial charge in [0.2, 0.25) is 0 Å². The molecule has 1 rings (SSSR count). The van der Waals surface area contributed by atoms with Crippen LogP contribution in [0.5, 0.6) is 0 Å². The van der Waals surface area contributed by atoms with Crippen molar-refractivity contribution >= 4 is 15.8 Å². The zero-order valence-corrected chi connectivity index (χ0v) is 11.0. The van der Waals surface area contributed by atoms with Crippen LogP contribution >= 0.6 is 0 Å². The Morgan fingerprint density at radius 1 is 1.33 bits per heavy atom. The maximum atomic E-state index is 11.0. The summed E-state index contributed by atoms with van der Waals surface area (Å²) >= 11 is 0. The number of carboxylic acid groups (broad SMARTS) is 1. The third kappa shape index (κ3) is 5.79. The molecule has 1 aromatic rings. The molecule has 0 saturated carbocycles. The predicted molar refractivity (Wildman–Crippen MR) is 69.3 cm³/mol. The SMILES string of the molecule is CS(=O)(=O)CCNC(Cc1ccccc1)C(=O)O. The van der Waals surface area contributed by atoms with Gasteiger partial charge in [0.05, 0.1) is 5.75 Å². The van der Waals surface area contributed by atoms with Gasteiger partial charge in [-0.25, -0.2) is 8.42 Å². The van der Waals surface area contributed by atoms with E-state index in [1.165, 1.54) is 0 Å². The van der Waals surface area contributed by atoms with Crippen molar-refractivity contribution in [3.63, 3.8) is 0 Å². The molecule has 0 amide bonds. The highest BCUT2D eigenvalue weighted by Crippen LogP contribution is 2.03. The summed E-state index contributed by atoms with van der Waals surface area (Å²) in [5.74, 6) is -1.04. The van der Waals surface area contributed by atoms with E-state index in [9.17, 15) is 13.2 Å². The Morgan fingerprint density at radius 2 is 1.94 bits per heavy atom. The van der Waals surface area contributed by atoms with Crippen LogP contribution < -0.4 is 5.32 Å². The lowest BCUT2D eigenvalue weighted by atomic mass is 10.1. The summed E-state index contributed by atoms with van der Waals surface area (Å²) in [4.78, 5) is 11.0. The molecule has 0 heterocycles. The van der Waals surface area contributed by atoms with Gasteiger partial charge in [-0.15, -0.1) is 0 Å². The van der Waals surface area contributed by atoms with Gasteiger partial charge < -0.3 is 10.4 Å². The van der Waals surface area contributed by atoms with Crippen LogP contribution in [0.4, 0.5) is 0 Å². The van der Waals surface area contributed by atoms with Crippen molar-refractivity contribution in [3.05, 3.63) is 35.9 Å². The molecule has 0 bridgehead atoms. The largest absolute Gasteiger partial charge is 0.480 e. The zero-order valence-electron chi connectivity index (χ0n) is 10.2. The first-order chi connectivity index (χ1) is 8.38. The Bertz CT molecular complexity index is 484. The first-order valence-corrected chi connectivity index (χ1v) is 7.62. The molecule has 0 radical (unpaired) electrons. The third-order valence-electron chi connectivity index (χ3n) is 2.44. The van der Waals surface area contributed by atoms with E-state index in [2.05, 4.69) is 5.32 Å². The van der Waals surface area contributed by atoms with E-state index >= 15 is 0 Å². The number of carboxylic acids is 1. The fraction of sp³-hybridized carbons (Fsp3) is 0.417. The highest BCUT2D eigenvalue weighted by atomic mass is 32.2. The van der Waals surface area contributed by atoms with E-state index in [1.54, 1.807) is 0 Å². The van der Waals surface area contributed by atoms with Crippen LogP contribution in [0.15, 0.2) is 30.3 Å². The van der Waals surface area contributed by atoms with Gasteiger partial charge in [0, 0.05) is 12.8 Å². The van der Waals surface area contributed by atoms with Gasteiger partial charge in [-0.2, -0.15) is 0 Å². The summed E-state index contributed by atoms with van der Waals surface area (Å²) in [6, 6.07) is 8.45. The van der Waals surface area contributed by atoms with Crippen molar-refractivity contribution in [1.82, 2.24) is 5.32 Å². The quantitative estimate of drug-likeness (QED) is 0.746. The lowest BCUT2D eigenvalue weighted by molar-refractivity contribution is -0.139. The highest BCUT2D eigenvalue weighted by molar-refractivity contribution is 7.90. The lowest BCUT2D eigenvalue weighted by Crippen LogP contribution is -2.40. The highest BCUT2D eigenvalue weighted by Gasteiger charge is 2.17. The Balaban J connectivity index is 2.54. The lowest BCUT2D eigenvalue weighted by Gasteiger charge is -2.14. The molecule has 6 heteroatoms.